The first-order valence-electron chi connectivity index (χ1n) is 5.75. The number of nitrogens with zero attached hydrogens (tertiary/aromatic N) is 2. The van der Waals surface area contributed by atoms with Crippen LogP contribution in [-0.4, -0.2) is 35.6 Å². The van der Waals surface area contributed by atoms with Crippen LogP contribution in [0.5, 0.6) is 0 Å². The average molecular weight is 240 g/mol. The highest BCUT2D eigenvalue weighted by Crippen LogP contribution is 2.26. The third-order valence-corrected chi connectivity index (χ3v) is 3.32. The molecule has 0 amide bonds. The average Bonchev–Trinajstić information content (AvgIpc) is 3.09. The largest absolute Gasteiger partial charge is 0.368 e. The van der Waals surface area contributed by atoms with Gasteiger partial charge >= 0.3 is 0 Å². The summed E-state index contributed by atoms with van der Waals surface area (Å²) in [4.78, 5) is 6.63. The standard InChI is InChI=1S/C12H18ClN3/c1-9(16(2)10-6-7-10)8-14-12-5-3-4-11(13)15-12/h3-5,9-10H,6-8H2,1-2H3,(H,14,15). The van der Waals surface area contributed by atoms with Crippen LogP contribution < -0.4 is 5.32 Å². The van der Waals surface area contributed by atoms with Gasteiger partial charge in [0.25, 0.3) is 0 Å². The fourth-order valence-corrected chi connectivity index (χ4v) is 1.91. The van der Waals surface area contributed by atoms with Gasteiger partial charge in [-0.05, 0) is 38.9 Å². The Morgan fingerprint density at radius 2 is 2.31 bits per heavy atom. The van der Waals surface area contributed by atoms with Crippen LogP contribution in [0.4, 0.5) is 5.82 Å². The maximum absolute atomic E-state index is 5.82. The van der Waals surface area contributed by atoms with E-state index in [-0.39, 0.29) is 0 Å². The molecule has 88 valence electrons. The summed E-state index contributed by atoms with van der Waals surface area (Å²) in [6, 6.07) is 6.95. The van der Waals surface area contributed by atoms with Gasteiger partial charge in [-0.2, -0.15) is 0 Å². The molecule has 1 heterocycles. The molecule has 0 spiro atoms. The molecule has 1 aliphatic carbocycles. The van der Waals surface area contributed by atoms with Gasteiger partial charge in [0, 0.05) is 18.6 Å². The summed E-state index contributed by atoms with van der Waals surface area (Å²) in [5.41, 5.74) is 0. The molecule has 1 aromatic rings. The lowest BCUT2D eigenvalue weighted by Gasteiger charge is -2.24. The minimum atomic E-state index is 0.522. The SMILES string of the molecule is CC(CNc1cccc(Cl)n1)N(C)C1CC1. The second-order valence-corrected chi connectivity index (χ2v) is 4.86. The topological polar surface area (TPSA) is 28.2 Å². The van der Waals surface area contributed by atoms with Crippen molar-refractivity contribution in [3.05, 3.63) is 23.4 Å². The molecule has 3 nitrogen and oxygen atoms in total. The lowest BCUT2D eigenvalue weighted by molar-refractivity contribution is 0.257. The van der Waals surface area contributed by atoms with E-state index in [2.05, 4.69) is 29.2 Å². The first kappa shape index (κ1) is 11.7. The Balaban J connectivity index is 1.82. The van der Waals surface area contributed by atoms with Gasteiger partial charge in [0.2, 0.25) is 0 Å². The van der Waals surface area contributed by atoms with Crippen LogP contribution in [0.2, 0.25) is 5.15 Å². The van der Waals surface area contributed by atoms with E-state index in [0.29, 0.717) is 11.2 Å². The third kappa shape index (κ3) is 3.09. The zero-order valence-corrected chi connectivity index (χ0v) is 10.5. The van der Waals surface area contributed by atoms with Crippen molar-refractivity contribution in [1.82, 2.24) is 9.88 Å². The van der Waals surface area contributed by atoms with E-state index < -0.39 is 0 Å². The Morgan fingerprint density at radius 3 is 2.94 bits per heavy atom. The van der Waals surface area contributed by atoms with E-state index >= 15 is 0 Å². The lowest BCUT2D eigenvalue weighted by atomic mass is 10.3. The molecule has 1 saturated carbocycles. The van der Waals surface area contributed by atoms with Gasteiger partial charge in [0.05, 0.1) is 0 Å². The highest BCUT2D eigenvalue weighted by Gasteiger charge is 2.28. The molecule has 1 atom stereocenters. The maximum Gasteiger partial charge on any atom is 0.131 e. The Kier molecular flexibility index (Phi) is 3.66. The normalized spacial score (nSPS) is 17.5. The summed E-state index contributed by atoms with van der Waals surface area (Å²) in [6.07, 6.45) is 2.69. The highest BCUT2D eigenvalue weighted by molar-refractivity contribution is 6.29. The van der Waals surface area contributed by atoms with Crippen molar-refractivity contribution in [1.29, 1.82) is 0 Å². The van der Waals surface area contributed by atoms with Crippen molar-refractivity contribution in [3.63, 3.8) is 0 Å². The summed E-state index contributed by atoms with van der Waals surface area (Å²) in [6.45, 7) is 3.14. The monoisotopic (exact) mass is 239 g/mol. The Bertz CT molecular complexity index is 352. The number of nitrogens with one attached hydrogen (secondary N) is 1. The summed E-state index contributed by atoms with van der Waals surface area (Å²) >= 11 is 5.82. The third-order valence-electron chi connectivity index (χ3n) is 3.11. The number of rotatable bonds is 5. The van der Waals surface area contributed by atoms with E-state index in [1.807, 2.05) is 12.1 Å². The summed E-state index contributed by atoms with van der Waals surface area (Å²) in [5, 5.41) is 3.85. The summed E-state index contributed by atoms with van der Waals surface area (Å²) < 4.78 is 0. The van der Waals surface area contributed by atoms with Crippen molar-refractivity contribution < 1.29 is 0 Å². The molecule has 0 aromatic carbocycles. The molecular formula is C12H18ClN3. The van der Waals surface area contributed by atoms with Crippen molar-refractivity contribution in [3.8, 4) is 0 Å². The van der Waals surface area contributed by atoms with Gasteiger partial charge in [-0.1, -0.05) is 17.7 Å². The Morgan fingerprint density at radius 1 is 1.56 bits per heavy atom. The van der Waals surface area contributed by atoms with Crippen LogP contribution >= 0.6 is 11.6 Å². The van der Waals surface area contributed by atoms with Gasteiger partial charge in [-0.3, -0.25) is 4.90 Å². The molecule has 0 aliphatic heterocycles. The van der Waals surface area contributed by atoms with E-state index in [4.69, 9.17) is 11.6 Å². The van der Waals surface area contributed by atoms with Crippen LogP contribution in [0.1, 0.15) is 19.8 Å². The van der Waals surface area contributed by atoms with Crippen molar-refractivity contribution >= 4 is 17.4 Å². The number of anilines is 1. The van der Waals surface area contributed by atoms with Crippen molar-refractivity contribution in [2.24, 2.45) is 0 Å². The van der Waals surface area contributed by atoms with Gasteiger partial charge in [0.1, 0.15) is 11.0 Å². The molecule has 1 unspecified atom stereocenters. The van der Waals surface area contributed by atoms with Crippen LogP contribution in [0, 0.1) is 0 Å². The fourth-order valence-electron chi connectivity index (χ4n) is 1.74. The Hall–Kier alpha value is -0.800. The molecule has 0 bridgehead atoms. The van der Waals surface area contributed by atoms with Crippen LogP contribution in [0.15, 0.2) is 18.2 Å². The molecule has 1 aromatic heterocycles. The van der Waals surface area contributed by atoms with Crippen molar-refractivity contribution in [2.45, 2.75) is 31.8 Å². The molecule has 4 heteroatoms. The zero-order valence-electron chi connectivity index (χ0n) is 9.78. The number of hydrogen-bond donors (Lipinski definition) is 1. The first-order valence-corrected chi connectivity index (χ1v) is 6.13. The number of aromatic nitrogens is 1. The minimum Gasteiger partial charge on any atom is -0.368 e. The minimum absolute atomic E-state index is 0.522. The summed E-state index contributed by atoms with van der Waals surface area (Å²) in [5.74, 6) is 0.851. The molecule has 0 radical (unpaired) electrons. The van der Waals surface area contributed by atoms with Gasteiger partial charge in [-0.25, -0.2) is 4.98 Å². The molecule has 1 aliphatic rings. The van der Waals surface area contributed by atoms with E-state index in [9.17, 15) is 0 Å². The zero-order chi connectivity index (χ0) is 11.5. The smallest absolute Gasteiger partial charge is 0.131 e. The maximum atomic E-state index is 5.82. The number of hydrogen-bond acceptors (Lipinski definition) is 3. The van der Waals surface area contributed by atoms with E-state index in [1.54, 1.807) is 6.07 Å². The second-order valence-electron chi connectivity index (χ2n) is 4.47. The number of pyridine rings is 1. The van der Waals surface area contributed by atoms with E-state index in [0.717, 1.165) is 18.4 Å². The van der Waals surface area contributed by atoms with Crippen LogP contribution in [0.3, 0.4) is 0 Å². The predicted octanol–water partition coefficient (Wildman–Crippen LogP) is 2.63. The fraction of sp³-hybridized carbons (Fsp3) is 0.583. The van der Waals surface area contributed by atoms with Gasteiger partial charge in [-0.15, -0.1) is 0 Å². The highest BCUT2D eigenvalue weighted by atomic mass is 35.5. The van der Waals surface area contributed by atoms with Crippen LogP contribution in [0.25, 0.3) is 0 Å². The van der Waals surface area contributed by atoms with E-state index in [1.165, 1.54) is 12.8 Å². The molecular weight excluding hydrogens is 222 g/mol. The van der Waals surface area contributed by atoms with Crippen molar-refractivity contribution in [2.75, 3.05) is 18.9 Å². The molecule has 2 rings (SSSR count). The quantitative estimate of drug-likeness (QED) is 0.801. The number of halogens is 1. The van der Waals surface area contributed by atoms with Gasteiger partial charge < -0.3 is 5.32 Å². The van der Waals surface area contributed by atoms with Crippen LogP contribution in [-0.2, 0) is 0 Å². The Labute approximate surface area is 102 Å². The lowest BCUT2D eigenvalue weighted by Crippen LogP contribution is -2.36. The number of likely N-dealkylation sites (N-methyl/N-ethyl adjacent to an activating group) is 1. The molecule has 0 saturated heterocycles. The summed E-state index contributed by atoms with van der Waals surface area (Å²) in [7, 11) is 2.19. The molecule has 1 fully saturated rings. The predicted molar refractivity (Wildman–Crippen MR) is 68.0 cm³/mol. The molecule has 16 heavy (non-hydrogen) atoms. The molecule has 1 N–H and O–H groups in total. The first-order chi connectivity index (χ1) is 7.66. The second kappa shape index (κ2) is 5.02. The van der Waals surface area contributed by atoms with Gasteiger partial charge in [0.15, 0.2) is 0 Å².